The average molecular weight is 324 g/mol. The second-order valence-corrected chi connectivity index (χ2v) is 5.52. The molecule has 3 aromatic rings. The molecule has 2 aromatic heterocycles. The molecule has 0 saturated heterocycles. The van der Waals surface area contributed by atoms with Crippen LogP contribution >= 0.6 is 0 Å². The van der Waals surface area contributed by atoms with Crippen LogP contribution in [-0.2, 0) is 11.3 Å². The summed E-state index contributed by atoms with van der Waals surface area (Å²) in [5, 5.41) is 7.28. The van der Waals surface area contributed by atoms with Gasteiger partial charge in [0, 0.05) is 36.8 Å². The minimum absolute atomic E-state index is 0.0275. The number of nitrogens with zero attached hydrogens (tertiary/aromatic N) is 3. The van der Waals surface area contributed by atoms with E-state index in [0.717, 1.165) is 17.0 Å². The van der Waals surface area contributed by atoms with Crippen molar-refractivity contribution in [3.05, 3.63) is 66.7 Å². The molecule has 0 fully saturated rings. The van der Waals surface area contributed by atoms with E-state index in [2.05, 4.69) is 10.4 Å². The Morgan fingerprint density at radius 2 is 2.08 bits per heavy atom. The molecule has 2 heterocycles. The maximum Gasteiger partial charge on any atom is 0.243 e. The zero-order valence-electron chi connectivity index (χ0n) is 13.7. The fourth-order valence-corrected chi connectivity index (χ4v) is 2.42. The Bertz CT molecular complexity index is 808. The van der Waals surface area contributed by atoms with Crippen molar-refractivity contribution in [2.24, 2.45) is 0 Å². The standard InChI is InChI=1S/C18H20N4O2/c1-14(21-8-3-4-9-21)18(23)19-11-15-12-20-22(13-15)16-6-5-7-17(10-16)24-2/h3-10,12-14H,11H2,1-2H3,(H,19,23). The highest BCUT2D eigenvalue weighted by molar-refractivity contribution is 5.79. The van der Waals surface area contributed by atoms with Gasteiger partial charge in [-0.15, -0.1) is 0 Å². The molecule has 124 valence electrons. The quantitative estimate of drug-likeness (QED) is 0.758. The first-order valence-electron chi connectivity index (χ1n) is 7.75. The molecule has 0 radical (unpaired) electrons. The van der Waals surface area contributed by atoms with E-state index >= 15 is 0 Å². The molecule has 0 saturated carbocycles. The van der Waals surface area contributed by atoms with Crippen LogP contribution in [0.4, 0.5) is 0 Å². The molecule has 0 aliphatic heterocycles. The van der Waals surface area contributed by atoms with E-state index in [1.165, 1.54) is 0 Å². The third-order valence-corrected chi connectivity index (χ3v) is 3.87. The second-order valence-electron chi connectivity index (χ2n) is 5.52. The van der Waals surface area contributed by atoms with Gasteiger partial charge in [-0.1, -0.05) is 6.07 Å². The van der Waals surface area contributed by atoms with Crippen LogP contribution in [0.25, 0.3) is 5.69 Å². The van der Waals surface area contributed by atoms with Crippen LogP contribution in [0.5, 0.6) is 5.75 Å². The summed E-state index contributed by atoms with van der Waals surface area (Å²) in [5.74, 6) is 0.749. The third-order valence-electron chi connectivity index (χ3n) is 3.87. The molecule has 1 unspecified atom stereocenters. The molecule has 6 nitrogen and oxygen atoms in total. The first-order chi connectivity index (χ1) is 11.7. The summed E-state index contributed by atoms with van der Waals surface area (Å²) in [6.45, 7) is 2.31. The number of amides is 1. The molecular weight excluding hydrogens is 304 g/mol. The number of benzene rings is 1. The molecule has 0 aliphatic rings. The zero-order valence-corrected chi connectivity index (χ0v) is 13.7. The van der Waals surface area contributed by atoms with Gasteiger partial charge in [0.1, 0.15) is 11.8 Å². The van der Waals surface area contributed by atoms with Crippen molar-refractivity contribution >= 4 is 5.91 Å². The molecular formula is C18H20N4O2. The van der Waals surface area contributed by atoms with Crippen molar-refractivity contribution in [2.45, 2.75) is 19.5 Å². The molecule has 1 atom stereocenters. The van der Waals surface area contributed by atoms with Crippen LogP contribution in [0.1, 0.15) is 18.5 Å². The summed E-state index contributed by atoms with van der Waals surface area (Å²) in [5.41, 5.74) is 1.85. The number of aromatic nitrogens is 3. The van der Waals surface area contributed by atoms with Gasteiger partial charge in [0.15, 0.2) is 0 Å². The maximum absolute atomic E-state index is 12.2. The largest absolute Gasteiger partial charge is 0.497 e. The van der Waals surface area contributed by atoms with Crippen molar-refractivity contribution in [1.29, 1.82) is 0 Å². The van der Waals surface area contributed by atoms with E-state index in [0.29, 0.717) is 6.54 Å². The Morgan fingerprint density at radius 3 is 2.83 bits per heavy atom. The summed E-state index contributed by atoms with van der Waals surface area (Å²) in [6, 6.07) is 11.2. The number of hydrogen-bond donors (Lipinski definition) is 1. The van der Waals surface area contributed by atoms with E-state index in [9.17, 15) is 4.79 Å². The predicted molar refractivity (Wildman–Crippen MR) is 91.1 cm³/mol. The molecule has 0 aliphatic carbocycles. The first kappa shape index (κ1) is 15.9. The van der Waals surface area contributed by atoms with Crippen LogP contribution in [0, 0.1) is 0 Å². The van der Waals surface area contributed by atoms with Crippen molar-refractivity contribution in [2.75, 3.05) is 7.11 Å². The van der Waals surface area contributed by atoms with Crippen LogP contribution in [0.3, 0.4) is 0 Å². The number of carbonyl (C=O) groups is 1. The van der Waals surface area contributed by atoms with E-state index in [4.69, 9.17) is 4.74 Å². The lowest BCUT2D eigenvalue weighted by Crippen LogP contribution is -2.29. The van der Waals surface area contributed by atoms with Gasteiger partial charge < -0.3 is 14.6 Å². The molecule has 1 aromatic carbocycles. The van der Waals surface area contributed by atoms with Crippen LogP contribution in [-0.4, -0.2) is 27.4 Å². The highest BCUT2D eigenvalue weighted by Gasteiger charge is 2.13. The van der Waals surface area contributed by atoms with Crippen LogP contribution in [0.15, 0.2) is 61.2 Å². The highest BCUT2D eigenvalue weighted by atomic mass is 16.5. The lowest BCUT2D eigenvalue weighted by Gasteiger charge is -2.13. The molecule has 0 bridgehead atoms. The number of ether oxygens (including phenoxy) is 1. The van der Waals surface area contributed by atoms with Gasteiger partial charge in [0.25, 0.3) is 0 Å². The maximum atomic E-state index is 12.2. The van der Waals surface area contributed by atoms with Crippen molar-refractivity contribution in [1.82, 2.24) is 19.7 Å². The number of rotatable bonds is 6. The molecule has 3 rings (SSSR count). The second kappa shape index (κ2) is 7.04. The van der Waals surface area contributed by atoms with Crippen LogP contribution < -0.4 is 10.1 Å². The van der Waals surface area contributed by atoms with Crippen molar-refractivity contribution < 1.29 is 9.53 Å². The topological polar surface area (TPSA) is 61.1 Å². The first-order valence-corrected chi connectivity index (χ1v) is 7.75. The minimum atomic E-state index is -0.242. The van der Waals surface area contributed by atoms with E-state index in [-0.39, 0.29) is 11.9 Å². The summed E-state index contributed by atoms with van der Waals surface area (Å²) < 4.78 is 8.86. The number of hydrogen-bond acceptors (Lipinski definition) is 3. The fourth-order valence-electron chi connectivity index (χ4n) is 2.42. The normalized spacial score (nSPS) is 11.9. The lowest BCUT2D eigenvalue weighted by molar-refractivity contribution is -0.124. The summed E-state index contributed by atoms with van der Waals surface area (Å²) in [6.07, 6.45) is 7.41. The SMILES string of the molecule is COc1cccc(-n2cc(CNC(=O)C(C)n3cccc3)cn2)c1. The Morgan fingerprint density at radius 1 is 1.29 bits per heavy atom. The van der Waals surface area contributed by atoms with E-state index in [1.807, 2.05) is 66.5 Å². The zero-order chi connectivity index (χ0) is 16.9. The van der Waals surface area contributed by atoms with Gasteiger partial charge >= 0.3 is 0 Å². The van der Waals surface area contributed by atoms with Crippen LogP contribution in [0.2, 0.25) is 0 Å². The number of nitrogens with one attached hydrogen (secondary N) is 1. The number of methoxy groups -OCH3 is 1. The molecule has 6 heteroatoms. The number of carbonyl (C=O) groups excluding carboxylic acids is 1. The molecule has 1 N–H and O–H groups in total. The summed E-state index contributed by atoms with van der Waals surface area (Å²) in [7, 11) is 1.63. The smallest absolute Gasteiger partial charge is 0.243 e. The molecule has 0 spiro atoms. The molecule has 24 heavy (non-hydrogen) atoms. The van der Waals surface area contributed by atoms with Gasteiger partial charge in [0.05, 0.1) is 19.0 Å². The monoisotopic (exact) mass is 324 g/mol. The Hall–Kier alpha value is -3.02. The average Bonchev–Trinajstić information content (AvgIpc) is 3.30. The van der Waals surface area contributed by atoms with Crippen molar-refractivity contribution in [3.8, 4) is 11.4 Å². The Labute approximate surface area is 140 Å². The van der Waals surface area contributed by atoms with E-state index in [1.54, 1.807) is 18.0 Å². The van der Waals surface area contributed by atoms with Gasteiger partial charge in [-0.25, -0.2) is 4.68 Å². The third kappa shape index (κ3) is 3.48. The Balaban J connectivity index is 1.63. The molecule has 1 amide bonds. The van der Waals surface area contributed by atoms with Gasteiger partial charge in [0.2, 0.25) is 5.91 Å². The lowest BCUT2D eigenvalue weighted by atomic mass is 10.3. The summed E-state index contributed by atoms with van der Waals surface area (Å²) >= 11 is 0. The fraction of sp³-hybridized carbons (Fsp3) is 0.222. The predicted octanol–water partition coefficient (Wildman–Crippen LogP) is 2.56. The minimum Gasteiger partial charge on any atom is -0.497 e. The van der Waals surface area contributed by atoms with Gasteiger partial charge in [-0.3, -0.25) is 4.79 Å². The Kier molecular flexibility index (Phi) is 4.65. The van der Waals surface area contributed by atoms with E-state index < -0.39 is 0 Å². The van der Waals surface area contributed by atoms with Crippen molar-refractivity contribution in [3.63, 3.8) is 0 Å². The summed E-state index contributed by atoms with van der Waals surface area (Å²) in [4.78, 5) is 12.2. The van der Waals surface area contributed by atoms with Gasteiger partial charge in [-0.2, -0.15) is 5.10 Å². The van der Waals surface area contributed by atoms with Gasteiger partial charge in [-0.05, 0) is 31.2 Å². The highest BCUT2D eigenvalue weighted by Crippen LogP contribution is 2.16.